The second-order valence-electron chi connectivity index (χ2n) is 6.24. The van der Waals surface area contributed by atoms with E-state index in [1.54, 1.807) is 12.1 Å². The van der Waals surface area contributed by atoms with Crippen molar-refractivity contribution in [3.05, 3.63) is 107 Å². The Balaban J connectivity index is 1.81. The molecule has 0 aliphatic rings. The summed E-state index contributed by atoms with van der Waals surface area (Å²) < 4.78 is 13.1. The van der Waals surface area contributed by atoms with E-state index in [1.165, 1.54) is 24.3 Å². The molecule has 130 valence electrons. The molecule has 0 aliphatic carbocycles. The van der Waals surface area contributed by atoms with Crippen LogP contribution in [-0.2, 0) is 0 Å². The van der Waals surface area contributed by atoms with Gasteiger partial charge in [0.1, 0.15) is 5.82 Å². The first-order valence-electron chi connectivity index (χ1n) is 8.55. The van der Waals surface area contributed by atoms with Crippen molar-refractivity contribution in [2.75, 3.05) is 0 Å². The zero-order chi connectivity index (χ0) is 18.4. The first kappa shape index (κ1) is 17.7. The summed E-state index contributed by atoms with van der Waals surface area (Å²) in [5, 5.41) is 0. The number of hydrogen-bond donors (Lipinski definition) is 0. The lowest BCUT2D eigenvalue weighted by molar-refractivity contribution is 0.0944. The molecule has 0 spiro atoms. The number of rotatable bonds is 7. The molecule has 0 bridgehead atoms. The first-order chi connectivity index (χ1) is 12.6. The van der Waals surface area contributed by atoms with Crippen molar-refractivity contribution in [2.45, 2.75) is 18.8 Å². The third-order valence-electron chi connectivity index (χ3n) is 4.40. The monoisotopic (exact) mass is 346 g/mol. The average Bonchev–Trinajstić information content (AvgIpc) is 2.69. The molecule has 3 aromatic rings. The molecule has 0 N–H and O–H groups in total. The van der Waals surface area contributed by atoms with Gasteiger partial charge in [-0.3, -0.25) is 9.59 Å². The Kier molecular flexibility index (Phi) is 5.69. The van der Waals surface area contributed by atoms with Crippen LogP contribution in [0.2, 0.25) is 0 Å². The van der Waals surface area contributed by atoms with Crippen LogP contribution in [0.5, 0.6) is 0 Å². The number of ketones is 2. The molecule has 26 heavy (non-hydrogen) atoms. The molecule has 0 aromatic heterocycles. The van der Waals surface area contributed by atoms with Gasteiger partial charge in [-0.25, -0.2) is 4.39 Å². The maximum Gasteiger partial charge on any atom is 0.163 e. The third kappa shape index (κ3) is 4.51. The van der Waals surface area contributed by atoms with Gasteiger partial charge in [0.15, 0.2) is 11.6 Å². The predicted molar refractivity (Wildman–Crippen MR) is 99.9 cm³/mol. The van der Waals surface area contributed by atoms with Crippen LogP contribution in [0.4, 0.5) is 4.39 Å². The predicted octanol–water partition coefficient (Wildman–Crippen LogP) is 5.46. The summed E-state index contributed by atoms with van der Waals surface area (Å²) in [5.41, 5.74) is 2.05. The minimum atomic E-state index is -0.375. The normalized spacial score (nSPS) is 11.7. The molecule has 3 heteroatoms. The van der Waals surface area contributed by atoms with Crippen molar-refractivity contribution in [3.63, 3.8) is 0 Å². The second-order valence-corrected chi connectivity index (χ2v) is 6.24. The largest absolute Gasteiger partial charge is 0.294 e. The lowest BCUT2D eigenvalue weighted by Gasteiger charge is -2.16. The molecule has 3 aromatic carbocycles. The topological polar surface area (TPSA) is 34.1 Å². The average molecular weight is 346 g/mol. The number of Topliss-reactive ketones (excluding diaryl/α,β-unsaturated/α-hetero) is 2. The van der Waals surface area contributed by atoms with Gasteiger partial charge in [0.25, 0.3) is 0 Å². The molecular formula is C23H19FO2. The van der Waals surface area contributed by atoms with Crippen LogP contribution in [0.15, 0.2) is 84.9 Å². The van der Waals surface area contributed by atoms with Gasteiger partial charge in [0, 0.05) is 24.0 Å². The Bertz CT molecular complexity index is 871. The fourth-order valence-electron chi connectivity index (χ4n) is 2.98. The van der Waals surface area contributed by atoms with Gasteiger partial charge in [0.05, 0.1) is 0 Å². The van der Waals surface area contributed by atoms with E-state index in [-0.39, 0.29) is 36.1 Å². The Labute approximate surface area is 152 Å². The van der Waals surface area contributed by atoms with Gasteiger partial charge in [0.2, 0.25) is 0 Å². The van der Waals surface area contributed by atoms with E-state index in [0.717, 1.165) is 5.56 Å². The maximum absolute atomic E-state index is 13.1. The van der Waals surface area contributed by atoms with E-state index in [4.69, 9.17) is 0 Å². The highest BCUT2D eigenvalue weighted by Gasteiger charge is 2.21. The minimum Gasteiger partial charge on any atom is -0.294 e. The van der Waals surface area contributed by atoms with Crippen LogP contribution in [0.25, 0.3) is 0 Å². The Hall–Kier alpha value is -3.07. The number of hydrogen-bond acceptors (Lipinski definition) is 2. The van der Waals surface area contributed by atoms with Crippen molar-refractivity contribution < 1.29 is 14.0 Å². The fourth-order valence-corrected chi connectivity index (χ4v) is 2.98. The number of carbonyl (C=O) groups excluding carboxylic acids is 2. The van der Waals surface area contributed by atoms with Gasteiger partial charge in [-0.2, -0.15) is 0 Å². The van der Waals surface area contributed by atoms with Crippen molar-refractivity contribution in [2.24, 2.45) is 0 Å². The summed E-state index contributed by atoms with van der Waals surface area (Å²) in [7, 11) is 0. The van der Waals surface area contributed by atoms with Crippen molar-refractivity contribution in [1.82, 2.24) is 0 Å². The maximum atomic E-state index is 13.1. The second kappa shape index (κ2) is 8.34. The summed E-state index contributed by atoms with van der Waals surface area (Å²) in [6.07, 6.45) is 0.454. The van der Waals surface area contributed by atoms with Gasteiger partial charge in [-0.1, -0.05) is 60.7 Å². The standard InChI is InChI=1S/C23H19FO2/c24-21-13-11-19(12-14-21)23(26)16-20(17-7-3-1-4-8-17)15-22(25)18-9-5-2-6-10-18/h1-14,20H,15-16H2/t20-/m0/s1. The van der Waals surface area contributed by atoms with Crippen LogP contribution in [0.1, 0.15) is 45.0 Å². The molecule has 0 saturated carbocycles. The van der Waals surface area contributed by atoms with Crippen LogP contribution >= 0.6 is 0 Å². The zero-order valence-electron chi connectivity index (χ0n) is 14.3. The Morgan fingerprint density at radius 1 is 0.654 bits per heavy atom. The molecule has 3 rings (SSSR count). The van der Waals surface area contributed by atoms with E-state index in [1.807, 2.05) is 48.5 Å². The van der Waals surface area contributed by atoms with Crippen LogP contribution in [0, 0.1) is 5.82 Å². The highest BCUT2D eigenvalue weighted by atomic mass is 19.1. The zero-order valence-corrected chi connectivity index (χ0v) is 14.3. The molecule has 0 radical (unpaired) electrons. The molecule has 0 aliphatic heterocycles. The molecule has 0 heterocycles. The first-order valence-corrected chi connectivity index (χ1v) is 8.55. The van der Waals surface area contributed by atoms with Crippen LogP contribution < -0.4 is 0 Å². The summed E-state index contributed by atoms with van der Waals surface area (Å²) in [4.78, 5) is 25.3. The number of benzene rings is 3. The highest BCUT2D eigenvalue weighted by molar-refractivity contribution is 5.99. The molecule has 0 amide bonds. The smallest absolute Gasteiger partial charge is 0.163 e. The quantitative estimate of drug-likeness (QED) is 0.533. The summed E-state index contributed by atoms with van der Waals surface area (Å²) in [6, 6.07) is 24.2. The van der Waals surface area contributed by atoms with Crippen molar-refractivity contribution >= 4 is 11.6 Å². The molecule has 0 saturated heterocycles. The molecule has 0 unspecified atom stereocenters. The van der Waals surface area contributed by atoms with E-state index in [2.05, 4.69) is 0 Å². The molecule has 1 atom stereocenters. The van der Waals surface area contributed by atoms with Crippen molar-refractivity contribution in [1.29, 1.82) is 0 Å². The van der Waals surface area contributed by atoms with Gasteiger partial charge < -0.3 is 0 Å². The minimum absolute atomic E-state index is 0.00589. The van der Waals surface area contributed by atoms with E-state index in [0.29, 0.717) is 11.1 Å². The third-order valence-corrected chi connectivity index (χ3v) is 4.40. The SMILES string of the molecule is O=C(C[C@@H](CC(=O)c1ccc(F)cc1)c1ccccc1)c1ccccc1. The highest BCUT2D eigenvalue weighted by Crippen LogP contribution is 2.27. The fraction of sp³-hybridized carbons (Fsp3) is 0.130. The van der Waals surface area contributed by atoms with Crippen molar-refractivity contribution in [3.8, 4) is 0 Å². The molecule has 0 fully saturated rings. The van der Waals surface area contributed by atoms with Gasteiger partial charge in [-0.15, -0.1) is 0 Å². The van der Waals surface area contributed by atoms with Crippen LogP contribution in [-0.4, -0.2) is 11.6 Å². The van der Waals surface area contributed by atoms with Crippen LogP contribution in [0.3, 0.4) is 0 Å². The number of carbonyl (C=O) groups is 2. The lowest BCUT2D eigenvalue weighted by atomic mass is 9.86. The Morgan fingerprint density at radius 2 is 1.12 bits per heavy atom. The Morgan fingerprint density at radius 3 is 1.65 bits per heavy atom. The number of halogens is 1. The lowest BCUT2D eigenvalue weighted by Crippen LogP contribution is -2.12. The summed E-state index contributed by atoms with van der Waals surface area (Å²) >= 11 is 0. The van der Waals surface area contributed by atoms with E-state index >= 15 is 0 Å². The summed E-state index contributed by atoms with van der Waals surface area (Å²) in [5.74, 6) is -0.687. The van der Waals surface area contributed by atoms with E-state index < -0.39 is 0 Å². The molecule has 2 nitrogen and oxygen atoms in total. The molecular weight excluding hydrogens is 327 g/mol. The summed E-state index contributed by atoms with van der Waals surface area (Å²) in [6.45, 7) is 0. The van der Waals surface area contributed by atoms with Gasteiger partial charge >= 0.3 is 0 Å². The van der Waals surface area contributed by atoms with E-state index in [9.17, 15) is 14.0 Å². The van der Waals surface area contributed by atoms with Gasteiger partial charge in [-0.05, 0) is 35.7 Å².